The van der Waals surface area contributed by atoms with Crippen LogP contribution < -0.4 is 5.43 Å². The van der Waals surface area contributed by atoms with E-state index >= 15 is 0 Å². The van der Waals surface area contributed by atoms with Crippen LogP contribution in [0.25, 0.3) is 9.88 Å². The predicted octanol–water partition coefficient (Wildman–Crippen LogP) is 4.82. The Labute approximate surface area is 149 Å². The van der Waals surface area contributed by atoms with Crippen LogP contribution >= 0.6 is 22.9 Å². The van der Waals surface area contributed by atoms with Crippen molar-refractivity contribution in [2.75, 3.05) is 5.43 Å². The summed E-state index contributed by atoms with van der Waals surface area (Å²) >= 11 is 2.66. The standard InChI is InChI=1S/C15H12F3N5S2/c1-8(12-7-24-14(19-12)13-9(2)21-23-25-13)20-22-11-6-4-3-5-10(11)15(16,17)18/h3-7,22H,1-2H3. The van der Waals surface area contributed by atoms with E-state index < -0.39 is 11.7 Å². The van der Waals surface area contributed by atoms with Crippen LogP contribution in [0.2, 0.25) is 0 Å². The maximum absolute atomic E-state index is 13.0. The van der Waals surface area contributed by atoms with Crippen molar-refractivity contribution in [1.82, 2.24) is 14.6 Å². The highest BCUT2D eigenvalue weighted by Gasteiger charge is 2.33. The zero-order valence-corrected chi connectivity index (χ0v) is 14.8. The predicted molar refractivity (Wildman–Crippen MR) is 93.0 cm³/mol. The second kappa shape index (κ2) is 6.89. The van der Waals surface area contributed by atoms with Gasteiger partial charge in [0, 0.05) is 5.38 Å². The van der Waals surface area contributed by atoms with Gasteiger partial charge >= 0.3 is 6.18 Å². The molecule has 0 amide bonds. The van der Waals surface area contributed by atoms with E-state index in [-0.39, 0.29) is 5.69 Å². The lowest BCUT2D eigenvalue weighted by Crippen LogP contribution is -2.09. The van der Waals surface area contributed by atoms with Gasteiger partial charge in [-0.1, -0.05) is 16.6 Å². The summed E-state index contributed by atoms with van der Waals surface area (Å²) in [5.74, 6) is 0. The number of para-hydroxylation sites is 1. The Morgan fingerprint density at radius 2 is 2.00 bits per heavy atom. The SMILES string of the molecule is CC(=NNc1ccccc1C(F)(F)F)c1csc(-c2snnc2C)n1. The fourth-order valence-electron chi connectivity index (χ4n) is 2.00. The molecule has 0 bridgehead atoms. The molecule has 0 aliphatic carbocycles. The van der Waals surface area contributed by atoms with Crippen molar-refractivity contribution in [3.8, 4) is 9.88 Å². The Kier molecular flexibility index (Phi) is 4.82. The van der Waals surface area contributed by atoms with Crippen LogP contribution in [0.4, 0.5) is 18.9 Å². The first-order chi connectivity index (χ1) is 11.9. The minimum atomic E-state index is -4.45. The number of rotatable bonds is 4. The Hall–Kier alpha value is -2.33. The van der Waals surface area contributed by atoms with Gasteiger partial charge in [-0.05, 0) is 37.5 Å². The molecule has 2 aromatic heterocycles. The van der Waals surface area contributed by atoms with Crippen molar-refractivity contribution in [1.29, 1.82) is 0 Å². The van der Waals surface area contributed by atoms with Gasteiger partial charge in [0.25, 0.3) is 0 Å². The quantitative estimate of drug-likeness (QED) is 0.518. The average molecular weight is 383 g/mol. The molecule has 3 aromatic rings. The lowest BCUT2D eigenvalue weighted by Gasteiger charge is -2.11. The molecule has 5 nitrogen and oxygen atoms in total. The summed E-state index contributed by atoms with van der Waals surface area (Å²) in [4.78, 5) is 5.33. The zero-order valence-electron chi connectivity index (χ0n) is 13.1. The molecule has 130 valence electrons. The van der Waals surface area contributed by atoms with E-state index in [0.29, 0.717) is 11.4 Å². The number of aromatic nitrogens is 3. The number of hydrogen-bond acceptors (Lipinski definition) is 7. The first-order valence-corrected chi connectivity index (χ1v) is 8.73. The van der Waals surface area contributed by atoms with Crippen molar-refractivity contribution < 1.29 is 13.2 Å². The number of benzene rings is 1. The Balaban J connectivity index is 1.82. The topological polar surface area (TPSA) is 63.1 Å². The second-order valence-electron chi connectivity index (χ2n) is 5.08. The molecule has 3 rings (SSSR count). The Morgan fingerprint density at radius 1 is 1.24 bits per heavy atom. The van der Waals surface area contributed by atoms with Crippen LogP contribution in [0.15, 0.2) is 34.7 Å². The number of aryl methyl sites for hydroxylation is 1. The minimum absolute atomic E-state index is 0.104. The largest absolute Gasteiger partial charge is 0.418 e. The van der Waals surface area contributed by atoms with Crippen molar-refractivity contribution in [3.05, 3.63) is 46.6 Å². The number of nitrogens with zero attached hydrogens (tertiary/aromatic N) is 4. The molecule has 1 N–H and O–H groups in total. The Bertz CT molecular complexity index is 914. The molecule has 0 saturated carbocycles. The van der Waals surface area contributed by atoms with Gasteiger partial charge in [0.15, 0.2) is 0 Å². The van der Waals surface area contributed by atoms with Gasteiger partial charge in [0.2, 0.25) is 0 Å². The summed E-state index contributed by atoms with van der Waals surface area (Å²) in [5, 5.41) is 10.5. The molecule has 0 unspecified atom stereocenters. The van der Waals surface area contributed by atoms with Gasteiger partial charge in [-0.25, -0.2) is 4.98 Å². The van der Waals surface area contributed by atoms with E-state index in [4.69, 9.17) is 0 Å². The van der Waals surface area contributed by atoms with E-state index in [1.807, 2.05) is 6.92 Å². The number of hydrogen-bond donors (Lipinski definition) is 1. The highest BCUT2D eigenvalue weighted by molar-refractivity contribution is 7.18. The number of nitrogens with one attached hydrogen (secondary N) is 1. The summed E-state index contributed by atoms with van der Waals surface area (Å²) in [5.41, 5.74) is 3.47. The van der Waals surface area contributed by atoms with Crippen molar-refractivity contribution in [2.45, 2.75) is 20.0 Å². The number of thiazole rings is 1. The fraction of sp³-hybridized carbons (Fsp3) is 0.200. The zero-order chi connectivity index (χ0) is 18.0. The number of anilines is 1. The molecule has 1 aromatic carbocycles. The maximum Gasteiger partial charge on any atom is 0.418 e. The third-order valence-electron chi connectivity index (χ3n) is 3.30. The average Bonchev–Trinajstić information content (AvgIpc) is 3.20. The fourth-order valence-corrected chi connectivity index (χ4v) is 3.65. The maximum atomic E-state index is 13.0. The molecule has 0 spiro atoms. The van der Waals surface area contributed by atoms with E-state index in [0.717, 1.165) is 21.6 Å². The lowest BCUT2D eigenvalue weighted by molar-refractivity contribution is -0.136. The molecule has 0 aliphatic heterocycles. The van der Waals surface area contributed by atoms with Gasteiger partial charge < -0.3 is 0 Å². The van der Waals surface area contributed by atoms with Crippen LogP contribution in [-0.2, 0) is 6.18 Å². The van der Waals surface area contributed by atoms with Crippen molar-refractivity contribution in [2.24, 2.45) is 5.10 Å². The molecular weight excluding hydrogens is 371 g/mol. The molecule has 0 radical (unpaired) electrons. The monoisotopic (exact) mass is 383 g/mol. The minimum Gasteiger partial charge on any atom is -0.278 e. The molecule has 0 fully saturated rings. The first kappa shape index (κ1) is 17.5. The molecule has 0 saturated heterocycles. The number of alkyl halides is 3. The highest BCUT2D eigenvalue weighted by Crippen LogP contribution is 2.34. The van der Waals surface area contributed by atoms with Gasteiger partial charge in [-0.15, -0.1) is 16.4 Å². The Morgan fingerprint density at radius 3 is 2.68 bits per heavy atom. The summed E-state index contributed by atoms with van der Waals surface area (Å²) in [7, 11) is 0. The van der Waals surface area contributed by atoms with Gasteiger partial charge in [-0.3, -0.25) is 5.43 Å². The van der Waals surface area contributed by atoms with Crippen LogP contribution in [0, 0.1) is 6.92 Å². The first-order valence-electron chi connectivity index (χ1n) is 7.08. The van der Waals surface area contributed by atoms with E-state index in [9.17, 15) is 13.2 Å². The summed E-state index contributed by atoms with van der Waals surface area (Å²) in [6.45, 7) is 3.52. The van der Waals surface area contributed by atoms with Crippen LogP contribution in [0.3, 0.4) is 0 Å². The normalized spacial score (nSPS) is 12.4. The van der Waals surface area contributed by atoms with E-state index in [1.54, 1.807) is 12.3 Å². The molecule has 25 heavy (non-hydrogen) atoms. The van der Waals surface area contributed by atoms with Gasteiger partial charge in [0.05, 0.1) is 28.4 Å². The molecule has 0 aliphatic rings. The number of hydrazone groups is 1. The molecule has 0 atom stereocenters. The third-order valence-corrected chi connectivity index (χ3v) is 5.12. The van der Waals surface area contributed by atoms with Crippen LogP contribution in [0.1, 0.15) is 23.9 Å². The van der Waals surface area contributed by atoms with Crippen LogP contribution in [0.5, 0.6) is 0 Å². The third kappa shape index (κ3) is 3.85. The van der Waals surface area contributed by atoms with Crippen molar-refractivity contribution in [3.63, 3.8) is 0 Å². The summed E-state index contributed by atoms with van der Waals surface area (Å²) in [6.07, 6.45) is -4.45. The summed E-state index contributed by atoms with van der Waals surface area (Å²) < 4.78 is 42.8. The highest BCUT2D eigenvalue weighted by atomic mass is 32.1. The van der Waals surface area contributed by atoms with Gasteiger partial charge in [-0.2, -0.15) is 18.3 Å². The summed E-state index contributed by atoms with van der Waals surface area (Å²) in [6, 6.07) is 5.19. The smallest absolute Gasteiger partial charge is 0.278 e. The lowest BCUT2D eigenvalue weighted by atomic mass is 10.2. The number of halogens is 3. The van der Waals surface area contributed by atoms with E-state index in [2.05, 4.69) is 25.1 Å². The molecule has 2 heterocycles. The molecular formula is C15H12F3N5S2. The van der Waals surface area contributed by atoms with Crippen LogP contribution in [-0.4, -0.2) is 20.3 Å². The van der Waals surface area contributed by atoms with Crippen molar-refractivity contribution >= 4 is 34.3 Å². The second-order valence-corrected chi connectivity index (χ2v) is 6.69. The molecule has 10 heteroatoms. The van der Waals surface area contributed by atoms with Gasteiger partial charge in [0.1, 0.15) is 9.88 Å². The van der Waals surface area contributed by atoms with E-state index in [1.165, 1.54) is 41.1 Å².